The summed E-state index contributed by atoms with van der Waals surface area (Å²) in [6.07, 6.45) is 5.11. The second-order valence-corrected chi connectivity index (χ2v) is 8.60. The maximum absolute atomic E-state index is 12.8. The van der Waals surface area contributed by atoms with E-state index in [2.05, 4.69) is 27.8 Å². The van der Waals surface area contributed by atoms with Gasteiger partial charge in [-0.1, -0.05) is 29.3 Å². The van der Waals surface area contributed by atoms with Crippen LogP contribution in [0, 0.1) is 5.41 Å². The van der Waals surface area contributed by atoms with Crippen molar-refractivity contribution >= 4 is 28.1 Å². The van der Waals surface area contributed by atoms with Gasteiger partial charge in [0.05, 0.1) is 12.6 Å². The summed E-state index contributed by atoms with van der Waals surface area (Å²) in [4.78, 5) is 30.8. The second-order valence-electron chi connectivity index (χ2n) is 8.04. The minimum Gasteiger partial charge on any atom is -0.449 e. The lowest BCUT2D eigenvalue weighted by molar-refractivity contribution is -0.184. The highest BCUT2D eigenvalue weighted by molar-refractivity contribution is 9.09. The van der Waals surface area contributed by atoms with Crippen molar-refractivity contribution in [3.05, 3.63) is 0 Å². The van der Waals surface area contributed by atoms with Crippen molar-refractivity contribution in [2.24, 2.45) is 5.41 Å². The summed E-state index contributed by atoms with van der Waals surface area (Å²) in [5.41, 5.74) is 0.577. The van der Waals surface area contributed by atoms with Crippen molar-refractivity contribution in [2.75, 3.05) is 38.1 Å². The third-order valence-electron chi connectivity index (χ3n) is 6.30. The molecule has 5 fully saturated rings. The van der Waals surface area contributed by atoms with Crippen LogP contribution in [0.15, 0.2) is 0 Å². The normalized spacial score (nSPS) is 37.0. The van der Waals surface area contributed by atoms with Gasteiger partial charge in [-0.2, -0.15) is 0 Å². The van der Waals surface area contributed by atoms with Gasteiger partial charge in [0.1, 0.15) is 0 Å². The first-order valence-electron chi connectivity index (χ1n) is 9.08. The number of piperazine rings is 1. The van der Waals surface area contributed by atoms with E-state index < -0.39 is 0 Å². The van der Waals surface area contributed by atoms with Gasteiger partial charge in [0, 0.05) is 37.0 Å². The Morgan fingerprint density at radius 3 is 2.71 bits per heavy atom. The molecule has 24 heavy (non-hydrogen) atoms. The Hall–Kier alpha value is -0.980. The molecule has 0 N–H and O–H groups in total. The van der Waals surface area contributed by atoms with Crippen molar-refractivity contribution in [3.8, 4) is 0 Å². The molecule has 0 unspecified atom stereocenters. The number of halogens is 1. The van der Waals surface area contributed by atoms with Gasteiger partial charge in [-0.15, -0.1) is 0 Å². The average molecular weight is 400 g/mol. The molecule has 134 valence electrons. The molecule has 0 radical (unpaired) electrons. The smallest absolute Gasteiger partial charge is 0.409 e. The quantitative estimate of drug-likeness (QED) is 0.527. The number of hydrogen-bond donors (Lipinski definition) is 0. The number of rotatable bonds is 5. The Balaban J connectivity index is 1.34. The number of unbranched alkanes of at least 4 members (excludes halogenated alkanes) is 1. The van der Waals surface area contributed by atoms with Crippen LogP contribution in [0.4, 0.5) is 9.59 Å². The van der Waals surface area contributed by atoms with E-state index in [0.29, 0.717) is 31.7 Å². The van der Waals surface area contributed by atoms with Crippen LogP contribution in [0.1, 0.15) is 39.0 Å². The Bertz CT molecular complexity index is 535. The molecule has 2 bridgehead atoms. The molecule has 0 spiro atoms. The van der Waals surface area contributed by atoms with Gasteiger partial charge >= 0.3 is 12.1 Å². The van der Waals surface area contributed by atoms with Crippen LogP contribution in [0.25, 0.3) is 0 Å². The zero-order valence-electron chi connectivity index (χ0n) is 14.3. The predicted molar refractivity (Wildman–Crippen MR) is 93.2 cm³/mol. The van der Waals surface area contributed by atoms with E-state index in [1.807, 2.05) is 4.90 Å². The van der Waals surface area contributed by atoms with Crippen molar-refractivity contribution < 1.29 is 14.3 Å². The highest BCUT2D eigenvalue weighted by atomic mass is 79.9. The molecule has 0 aromatic carbocycles. The van der Waals surface area contributed by atoms with E-state index in [0.717, 1.165) is 44.0 Å². The summed E-state index contributed by atoms with van der Waals surface area (Å²) in [5.74, 6) is 0. The van der Waals surface area contributed by atoms with E-state index in [4.69, 9.17) is 4.74 Å². The van der Waals surface area contributed by atoms with Gasteiger partial charge in [-0.25, -0.2) is 9.59 Å². The molecule has 0 aromatic rings. The molecule has 5 aliphatic rings. The van der Waals surface area contributed by atoms with Gasteiger partial charge in [-0.05, 0) is 31.1 Å². The highest BCUT2D eigenvalue weighted by Gasteiger charge is 2.71. The molecule has 0 aromatic heterocycles. The maximum Gasteiger partial charge on any atom is 0.409 e. The second kappa shape index (κ2) is 5.78. The van der Waals surface area contributed by atoms with Crippen LogP contribution in [-0.2, 0) is 4.74 Å². The fraction of sp³-hybridized carbons (Fsp3) is 0.882. The van der Waals surface area contributed by atoms with Crippen LogP contribution >= 0.6 is 15.9 Å². The number of nitrogens with zero attached hydrogens (tertiary/aromatic N) is 3. The first-order chi connectivity index (χ1) is 11.5. The zero-order valence-corrected chi connectivity index (χ0v) is 15.9. The Morgan fingerprint density at radius 2 is 2.04 bits per heavy atom. The molecule has 5 rings (SSSR count). The van der Waals surface area contributed by atoms with E-state index in [-0.39, 0.29) is 23.7 Å². The van der Waals surface area contributed by atoms with Gasteiger partial charge < -0.3 is 19.4 Å². The van der Waals surface area contributed by atoms with Crippen LogP contribution in [-0.4, -0.2) is 76.5 Å². The van der Waals surface area contributed by atoms with Crippen molar-refractivity contribution in [1.82, 2.24) is 14.7 Å². The SMILES string of the molecule is CCCCOC(=O)N1CCN2C(=O)N(C34CC(CBr)(C3)C4)C[C@@H]2C1. The number of hydrogen-bond acceptors (Lipinski definition) is 3. The molecule has 2 aliphatic heterocycles. The number of ether oxygens (including phenoxy) is 1. The summed E-state index contributed by atoms with van der Waals surface area (Å²) < 4.78 is 5.32. The molecule has 2 heterocycles. The molecule has 7 heteroatoms. The van der Waals surface area contributed by atoms with Crippen molar-refractivity contribution in [3.63, 3.8) is 0 Å². The fourth-order valence-electron chi connectivity index (χ4n) is 5.03. The first-order valence-corrected chi connectivity index (χ1v) is 10.2. The summed E-state index contributed by atoms with van der Waals surface area (Å²) >= 11 is 3.61. The minimum absolute atomic E-state index is 0.120. The molecule has 3 amide bonds. The third-order valence-corrected chi connectivity index (χ3v) is 7.49. The zero-order chi connectivity index (χ0) is 16.9. The third kappa shape index (κ3) is 2.34. The molecular formula is C17H26BrN3O3. The van der Waals surface area contributed by atoms with E-state index in [1.54, 1.807) is 4.90 Å². The van der Waals surface area contributed by atoms with E-state index in [1.165, 1.54) is 0 Å². The number of carbonyl (C=O) groups excluding carboxylic acids is 2. The minimum atomic E-state index is -0.224. The molecule has 1 atom stereocenters. The van der Waals surface area contributed by atoms with Crippen molar-refractivity contribution in [1.29, 1.82) is 0 Å². The van der Waals surface area contributed by atoms with Crippen LogP contribution in [0.2, 0.25) is 0 Å². The molecule has 3 saturated carbocycles. The number of amides is 3. The Morgan fingerprint density at radius 1 is 1.29 bits per heavy atom. The summed E-state index contributed by atoms with van der Waals surface area (Å²) in [7, 11) is 0. The summed E-state index contributed by atoms with van der Waals surface area (Å²) in [5, 5.41) is 1.05. The standard InChI is InChI=1S/C17H26BrN3O3/c1-2-3-6-24-15(23)19-4-5-20-13(7-19)8-21(14(20)22)17-9-16(10-17,11-17)12-18/h13H,2-12H2,1H3/t13-,16?,17?/m0/s1. The summed E-state index contributed by atoms with van der Waals surface area (Å²) in [6, 6.07) is 0.306. The number of fused-ring (bicyclic) bond motifs is 1. The van der Waals surface area contributed by atoms with Crippen molar-refractivity contribution in [2.45, 2.75) is 50.6 Å². The summed E-state index contributed by atoms with van der Waals surface area (Å²) in [6.45, 7) is 5.14. The maximum atomic E-state index is 12.8. The molecular weight excluding hydrogens is 374 g/mol. The lowest BCUT2D eigenvalue weighted by atomic mass is 9.39. The van der Waals surface area contributed by atoms with Crippen LogP contribution in [0.5, 0.6) is 0 Å². The fourth-order valence-corrected chi connectivity index (χ4v) is 5.63. The average Bonchev–Trinajstić information content (AvgIpc) is 2.82. The number of alkyl halides is 1. The highest BCUT2D eigenvalue weighted by Crippen LogP contribution is 2.70. The largest absolute Gasteiger partial charge is 0.449 e. The van der Waals surface area contributed by atoms with Gasteiger partial charge in [0.2, 0.25) is 0 Å². The molecule has 2 saturated heterocycles. The predicted octanol–water partition coefficient (Wildman–Crippen LogP) is 2.66. The monoisotopic (exact) mass is 399 g/mol. The Labute approximate surface area is 151 Å². The van der Waals surface area contributed by atoms with E-state index in [9.17, 15) is 9.59 Å². The Kier molecular flexibility index (Phi) is 3.97. The molecule has 6 nitrogen and oxygen atoms in total. The molecule has 3 aliphatic carbocycles. The lowest BCUT2D eigenvalue weighted by Gasteiger charge is -2.73. The number of carbonyl (C=O) groups is 2. The van der Waals surface area contributed by atoms with E-state index >= 15 is 0 Å². The van der Waals surface area contributed by atoms with Crippen LogP contribution < -0.4 is 0 Å². The number of urea groups is 1. The van der Waals surface area contributed by atoms with Gasteiger partial charge in [-0.3, -0.25) is 0 Å². The first kappa shape index (κ1) is 16.5. The van der Waals surface area contributed by atoms with Crippen LogP contribution in [0.3, 0.4) is 0 Å². The lowest BCUT2D eigenvalue weighted by Crippen LogP contribution is -2.75. The van der Waals surface area contributed by atoms with Gasteiger partial charge in [0.25, 0.3) is 0 Å². The van der Waals surface area contributed by atoms with Gasteiger partial charge in [0.15, 0.2) is 0 Å². The topological polar surface area (TPSA) is 53.1 Å².